The van der Waals surface area contributed by atoms with E-state index in [0.29, 0.717) is 5.75 Å². The zero-order chi connectivity index (χ0) is 17.2. The average molecular weight is 389 g/mol. The first-order valence-corrected chi connectivity index (χ1v) is 8.38. The molecule has 1 fully saturated rings. The van der Waals surface area contributed by atoms with Crippen molar-refractivity contribution in [1.29, 1.82) is 0 Å². The molecule has 0 spiro atoms. The third kappa shape index (κ3) is 3.01. The van der Waals surface area contributed by atoms with Gasteiger partial charge in [-0.1, -0.05) is 52.3 Å². The second-order valence-corrected chi connectivity index (χ2v) is 6.51. The van der Waals surface area contributed by atoms with E-state index >= 15 is 0 Å². The Balaban J connectivity index is 1.71. The number of para-hydroxylation sites is 1. The summed E-state index contributed by atoms with van der Waals surface area (Å²) >= 11 is 3.45. The van der Waals surface area contributed by atoms with Gasteiger partial charge in [-0.3, -0.25) is 9.69 Å². The lowest BCUT2D eigenvalue weighted by Crippen LogP contribution is -2.41. The van der Waals surface area contributed by atoms with E-state index in [4.69, 9.17) is 4.74 Å². The predicted molar refractivity (Wildman–Crippen MR) is 93.7 cm³/mol. The number of rotatable bonds is 5. The molecule has 24 heavy (non-hydrogen) atoms. The number of amides is 3. The molecular formula is C18H17BrN2O3. The molecule has 1 atom stereocenters. The van der Waals surface area contributed by atoms with Gasteiger partial charge in [0.25, 0.3) is 5.91 Å². The number of nitrogens with zero attached hydrogens (tertiary/aromatic N) is 1. The fraction of sp³-hybridized carbons (Fsp3) is 0.222. The van der Waals surface area contributed by atoms with E-state index in [0.717, 1.165) is 10.0 Å². The number of ether oxygens (including phenoxy) is 1. The number of benzene rings is 2. The van der Waals surface area contributed by atoms with Gasteiger partial charge < -0.3 is 10.1 Å². The third-order valence-electron chi connectivity index (χ3n) is 4.01. The van der Waals surface area contributed by atoms with Crippen LogP contribution in [-0.4, -0.2) is 30.0 Å². The maximum Gasteiger partial charge on any atom is 0.325 e. The topological polar surface area (TPSA) is 58.6 Å². The summed E-state index contributed by atoms with van der Waals surface area (Å²) in [5, 5.41) is 2.79. The Labute approximate surface area is 148 Å². The summed E-state index contributed by atoms with van der Waals surface area (Å²) in [5.41, 5.74) is -0.348. The molecule has 5 nitrogen and oxygen atoms in total. The number of halogens is 1. The van der Waals surface area contributed by atoms with E-state index in [2.05, 4.69) is 21.2 Å². The fourth-order valence-corrected chi connectivity index (χ4v) is 3.40. The number of hydrogen-bond donors (Lipinski definition) is 1. The van der Waals surface area contributed by atoms with Gasteiger partial charge in [-0.15, -0.1) is 0 Å². The van der Waals surface area contributed by atoms with Crippen molar-refractivity contribution < 1.29 is 14.3 Å². The predicted octanol–water partition coefficient (Wildman–Crippen LogP) is 3.30. The summed E-state index contributed by atoms with van der Waals surface area (Å²) < 4.78 is 6.36. The van der Waals surface area contributed by atoms with Crippen molar-refractivity contribution in [3.8, 4) is 5.75 Å². The van der Waals surface area contributed by atoms with E-state index in [1.54, 1.807) is 6.92 Å². The highest BCUT2D eigenvalue weighted by Crippen LogP contribution is 2.33. The van der Waals surface area contributed by atoms with Crippen molar-refractivity contribution in [2.45, 2.75) is 12.5 Å². The normalized spacial score (nSPS) is 20.2. The Morgan fingerprint density at radius 3 is 2.46 bits per heavy atom. The molecule has 2 aromatic carbocycles. The first-order valence-electron chi connectivity index (χ1n) is 7.59. The first kappa shape index (κ1) is 16.5. The minimum atomic E-state index is -1.08. The molecule has 1 heterocycles. The molecule has 3 amide bonds. The van der Waals surface area contributed by atoms with Crippen LogP contribution in [0.2, 0.25) is 0 Å². The average Bonchev–Trinajstić information content (AvgIpc) is 2.80. The summed E-state index contributed by atoms with van der Waals surface area (Å²) in [6.07, 6.45) is 0. The van der Waals surface area contributed by atoms with E-state index in [1.807, 2.05) is 54.6 Å². The number of carbonyl (C=O) groups is 2. The smallest absolute Gasteiger partial charge is 0.325 e. The van der Waals surface area contributed by atoms with Crippen LogP contribution in [0.1, 0.15) is 12.5 Å². The zero-order valence-corrected chi connectivity index (χ0v) is 14.7. The second kappa shape index (κ2) is 6.65. The van der Waals surface area contributed by atoms with Crippen molar-refractivity contribution in [3.05, 3.63) is 64.6 Å². The van der Waals surface area contributed by atoms with E-state index in [1.165, 1.54) is 4.90 Å². The van der Waals surface area contributed by atoms with E-state index in [9.17, 15) is 9.59 Å². The quantitative estimate of drug-likeness (QED) is 0.799. The summed E-state index contributed by atoms with van der Waals surface area (Å²) in [6.45, 7) is 2.15. The molecule has 0 radical (unpaired) electrons. The molecular weight excluding hydrogens is 372 g/mol. The summed E-state index contributed by atoms with van der Waals surface area (Å²) in [5.74, 6) is 0.425. The molecule has 0 aromatic heterocycles. The highest BCUT2D eigenvalue weighted by atomic mass is 79.9. The Morgan fingerprint density at radius 2 is 1.75 bits per heavy atom. The second-order valence-electron chi connectivity index (χ2n) is 5.65. The Morgan fingerprint density at radius 1 is 1.08 bits per heavy atom. The number of urea groups is 1. The Bertz CT molecular complexity index is 766. The van der Waals surface area contributed by atoms with Gasteiger partial charge in [0.05, 0.1) is 6.54 Å². The van der Waals surface area contributed by atoms with Crippen molar-refractivity contribution in [3.63, 3.8) is 0 Å². The molecule has 1 saturated heterocycles. The van der Waals surface area contributed by atoms with Crippen LogP contribution in [0.25, 0.3) is 0 Å². The van der Waals surface area contributed by atoms with Crippen LogP contribution < -0.4 is 10.1 Å². The Kier molecular flexibility index (Phi) is 4.57. The largest absolute Gasteiger partial charge is 0.492 e. The standard InChI is InChI=1S/C18H17BrN2O3/c1-18(14-9-5-6-10-15(14)19)16(22)21(17(23)20-18)11-12-24-13-7-3-2-4-8-13/h2-10H,11-12H2,1H3,(H,20,23). The van der Waals surface area contributed by atoms with Gasteiger partial charge in [-0.2, -0.15) is 0 Å². The number of hydrogen-bond acceptors (Lipinski definition) is 3. The van der Waals surface area contributed by atoms with Crippen molar-refractivity contribution >= 4 is 27.9 Å². The van der Waals surface area contributed by atoms with Gasteiger partial charge in [0.1, 0.15) is 17.9 Å². The molecule has 0 bridgehead atoms. The van der Waals surface area contributed by atoms with Crippen molar-refractivity contribution in [2.75, 3.05) is 13.2 Å². The molecule has 1 unspecified atom stereocenters. The lowest BCUT2D eigenvalue weighted by molar-refractivity contribution is -0.131. The molecule has 2 aromatic rings. The molecule has 3 rings (SSSR count). The maximum absolute atomic E-state index is 12.8. The van der Waals surface area contributed by atoms with Gasteiger partial charge in [0, 0.05) is 10.0 Å². The van der Waals surface area contributed by atoms with Crippen LogP contribution >= 0.6 is 15.9 Å². The molecule has 0 saturated carbocycles. The van der Waals surface area contributed by atoms with Gasteiger partial charge in [-0.05, 0) is 25.1 Å². The summed E-state index contributed by atoms with van der Waals surface area (Å²) in [7, 11) is 0. The fourth-order valence-electron chi connectivity index (χ4n) is 2.72. The van der Waals surface area contributed by atoms with Crippen LogP contribution in [0.4, 0.5) is 4.79 Å². The van der Waals surface area contributed by atoms with Crippen LogP contribution in [0, 0.1) is 0 Å². The lowest BCUT2D eigenvalue weighted by atomic mass is 9.92. The molecule has 124 valence electrons. The van der Waals surface area contributed by atoms with Gasteiger partial charge in [0.15, 0.2) is 0 Å². The number of carbonyl (C=O) groups excluding carboxylic acids is 2. The molecule has 6 heteroatoms. The molecule has 1 aliphatic heterocycles. The minimum Gasteiger partial charge on any atom is -0.492 e. The number of imide groups is 1. The third-order valence-corrected chi connectivity index (χ3v) is 4.71. The molecule has 0 aliphatic carbocycles. The lowest BCUT2D eigenvalue weighted by Gasteiger charge is -2.23. The van der Waals surface area contributed by atoms with E-state index < -0.39 is 11.6 Å². The van der Waals surface area contributed by atoms with Crippen LogP contribution in [-0.2, 0) is 10.3 Å². The number of nitrogens with one attached hydrogen (secondary N) is 1. The maximum atomic E-state index is 12.8. The van der Waals surface area contributed by atoms with Crippen molar-refractivity contribution in [2.24, 2.45) is 0 Å². The zero-order valence-electron chi connectivity index (χ0n) is 13.2. The summed E-state index contributed by atoms with van der Waals surface area (Å²) in [6, 6.07) is 16.3. The van der Waals surface area contributed by atoms with E-state index in [-0.39, 0.29) is 19.1 Å². The molecule has 1 aliphatic rings. The van der Waals surface area contributed by atoms with Gasteiger partial charge in [0.2, 0.25) is 0 Å². The minimum absolute atomic E-state index is 0.194. The monoisotopic (exact) mass is 388 g/mol. The van der Waals surface area contributed by atoms with Gasteiger partial charge >= 0.3 is 6.03 Å². The highest BCUT2D eigenvalue weighted by molar-refractivity contribution is 9.10. The van der Waals surface area contributed by atoms with Crippen LogP contribution in [0.3, 0.4) is 0 Å². The van der Waals surface area contributed by atoms with Crippen LogP contribution in [0.5, 0.6) is 5.75 Å². The highest BCUT2D eigenvalue weighted by Gasteiger charge is 2.49. The van der Waals surface area contributed by atoms with Gasteiger partial charge in [-0.25, -0.2) is 4.79 Å². The first-order chi connectivity index (χ1) is 11.5. The van der Waals surface area contributed by atoms with Crippen LogP contribution in [0.15, 0.2) is 59.1 Å². The van der Waals surface area contributed by atoms with Crippen molar-refractivity contribution in [1.82, 2.24) is 10.2 Å². The Hall–Kier alpha value is -2.34. The molecule has 1 N–H and O–H groups in total. The SMILES string of the molecule is CC1(c2ccccc2Br)NC(=O)N(CCOc2ccccc2)C1=O. The summed E-state index contributed by atoms with van der Waals surface area (Å²) in [4.78, 5) is 26.2.